The van der Waals surface area contributed by atoms with Crippen LogP contribution in [-0.2, 0) is 25.7 Å². The summed E-state index contributed by atoms with van der Waals surface area (Å²) in [7, 11) is 0. The third kappa shape index (κ3) is 9.30. The van der Waals surface area contributed by atoms with E-state index < -0.39 is 72.8 Å². The first kappa shape index (κ1) is 30.5. The molecule has 2 aromatic rings. The van der Waals surface area contributed by atoms with Crippen LogP contribution in [0.1, 0.15) is 18.9 Å². The van der Waals surface area contributed by atoms with E-state index in [0.717, 1.165) is 5.56 Å². The normalized spacial score (nSPS) is 12.4. The number of aldehydes is 1. The maximum atomic E-state index is 13.7. The zero-order chi connectivity index (χ0) is 28.1. The van der Waals surface area contributed by atoms with Crippen LogP contribution in [0.3, 0.4) is 0 Å². The molecule has 2 unspecified atom stereocenters. The lowest BCUT2D eigenvalue weighted by Gasteiger charge is -2.23. The average molecular weight is 544 g/mol. The molecule has 9 nitrogen and oxygen atoms in total. The Morgan fingerprint density at radius 2 is 1.76 bits per heavy atom. The molecule has 208 valence electrons. The van der Waals surface area contributed by atoms with Crippen molar-refractivity contribution in [2.45, 2.75) is 32.1 Å². The highest BCUT2D eigenvalue weighted by Crippen LogP contribution is 2.26. The van der Waals surface area contributed by atoms with E-state index in [9.17, 15) is 37.1 Å². The van der Waals surface area contributed by atoms with Crippen LogP contribution in [0.2, 0.25) is 0 Å². The molecule has 2 atom stereocenters. The van der Waals surface area contributed by atoms with Crippen LogP contribution in [0.25, 0.3) is 0 Å². The minimum Gasteiger partial charge on any atom is -0.485 e. The number of rotatable bonds is 15. The molecule has 0 heterocycles. The van der Waals surface area contributed by atoms with Gasteiger partial charge in [0.05, 0.1) is 12.6 Å². The molecule has 0 saturated carbocycles. The maximum absolute atomic E-state index is 13.7. The number of carbonyl (C=O) groups is 3. The van der Waals surface area contributed by atoms with Crippen LogP contribution in [0.5, 0.6) is 5.75 Å². The Bertz CT molecular complexity index is 1050. The molecule has 0 saturated heterocycles. The molecule has 0 bridgehead atoms. The molecular formula is C25H28F4N2O7. The van der Waals surface area contributed by atoms with E-state index in [1.807, 2.05) is 30.3 Å². The fourth-order valence-corrected chi connectivity index (χ4v) is 3.16. The molecule has 2 rings (SSSR count). The Hall–Kier alpha value is -3.71. The molecule has 2 N–H and O–H groups in total. The van der Waals surface area contributed by atoms with Gasteiger partial charge in [0.2, 0.25) is 17.5 Å². The fraction of sp³-hybridized carbons (Fsp3) is 0.400. The summed E-state index contributed by atoms with van der Waals surface area (Å²) < 4.78 is 69.2. The number of hydrogen-bond acceptors (Lipinski definition) is 7. The van der Waals surface area contributed by atoms with Gasteiger partial charge in [-0.15, -0.1) is 0 Å². The fourth-order valence-electron chi connectivity index (χ4n) is 3.16. The second-order valence-corrected chi connectivity index (χ2v) is 7.92. The first-order valence-corrected chi connectivity index (χ1v) is 11.6. The molecule has 0 radical (unpaired) electrons. The zero-order valence-corrected chi connectivity index (χ0v) is 20.5. The SMILES string of the molecule is CCN(CCOCC(=O)NC(CC=O)C(O)COc1c(F)c(F)cc(F)c1F)C(=O)OCc1ccccc1. The predicted octanol–water partition coefficient (Wildman–Crippen LogP) is 2.73. The predicted molar refractivity (Wildman–Crippen MR) is 125 cm³/mol. The number of nitrogens with zero attached hydrogens (tertiary/aromatic N) is 1. The van der Waals surface area contributed by atoms with Crippen LogP contribution in [-0.4, -0.2) is 73.3 Å². The van der Waals surface area contributed by atoms with E-state index in [4.69, 9.17) is 9.47 Å². The summed E-state index contributed by atoms with van der Waals surface area (Å²) in [6.07, 6.45) is -2.28. The number of aliphatic hydroxyl groups is 1. The van der Waals surface area contributed by atoms with Crippen LogP contribution in [0.15, 0.2) is 36.4 Å². The van der Waals surface area contributed by atoms with Crippen LogP contribution < -0.4 is 10.1 Å². The summed E-state index contributed by atoms with van der Waals surface area (Å²) in [5, 5.41) is 12.5. The Balaban J connectivity index is 1.78. The van der Waals surface area contributed by atoms with Gasteiger partial charge in [0.25, 0.3) is 0 Å². The van der Waals surface area contributed by atoms with Gasteiger partial charge in [-0.1, -0.05) is 30.3 Å². The van der Waals surface area contributed by atoms with Crippen molar-refractivity contribution >= 4 is 18.3 Å². The zero-order valence-electron chi connectivity index (χ0n) is 20.5. The highest BCUT2D eigenvalue weighted by atomic mass is 19.2. The van der Waals surface area contributed by atoms with Gasteiger partial charge < -0.3 is 34.3 Å². The quantitative estimate of drug-likeness (QED) is 0.153. The lowest BCUT2D eigenvalue weighted by atomic mass is 10.1. The number of benzene rings is 2. The monoisotopic (exact) mass is 544 g/mol. The molecule has 2 amide bonds. The van der Waals surface area contributed by atoms with Crippen LogP contribution in [0, 0.1) is 23.3 Å². The first-order valence-electron chi connectivity index (χ1n) is 11.6. The molecule has 0 aliphatic rings. The van der Waals surface area contributed by atoms with Crippen LogP contribution >= 0.6 is 0 Å². The van der Waals surface area contributed by atoms with Crippen molar-refractivity contribution < 1.29 is 51.3 Å². The Kier molecular flexibility index (Phi) is 12.5. The third-order valence-electron chi connectivity index (χ3n) is 5.21. The molecule has 38 heavy (non-hydrogen) atoms. The number of halogens is 4. The molecule has 2 aromatic carbocycles. The Morgan fingerprint density at radius 3 is 2.37 bits per heavy atom. The third-order valence-corrected chi connectivity index (χ3v) is 5.21. The largest absolute Gasteiger partial charge is 0.485 e. The molecule has 0 aliphatic heterocycles. The highest BCUT2D eigenvalue weighted by Gasteiger charge is 2.25. The van der Waals surface area contributed by atoms with Crippen molar-refractivity contribution in [3.8, 4) is 5.75 Å². The summed E-state index contributed by atoms with van der Waals surface area (Å²) in [5.74, 6) is -9.14. The Morgan fingerprint density at radius 1 is 1.11 bits per heavy atom. The number of carbonyl (C=O) groups excluding carboxylic acids is 3. The van der Waals surface area contributed by atoms with Gasteiger partial charge in [0, 0.05) is 25.6 Å². The van der Waals surface area contributed by atoms with Crippen molar-refractivity contribution in [1.29, 1.82) is 0 Å². The van der Waals surface area contributed by atoms with E-state index >= 15 is 0 Å². The first-order chi connectivity index (χ1) is 18.2. The number of nitrogens with one attached hydrogen (secondary N) is 1. The smallest absolute Gasteiger partial charge is 0.410 e. The van der Waals surface area contributed by atoms with E-state index in [0.29, 0.717) is 12.8 Å². The number of ether oxygens (including phenoxy) is 3. The molecular weight excluding hydrogens is 516 g/mol. The van der Waals surface area contributed by atoms with Gasteiger partial charge in [0.15, 0.2) is 17.4 Å². The number of aliphatic hydroxyl groups excluding tert-OH is 1. The van der Waals surface area contributed by atoms with E-state index in [1.54, 1.807) is 6.92 Å². The topological polar surface area (TPSA) is 114 Å². The lowest BCUT2D eigenvalue weighted by molar-refractivity contribution is -0.127. The number of hydrogen-bond donors (Lipinski definition) is 2. The average Bonchev–Trinajstić information content (AvgIpc) is 2.90. The van der Waals surface area contributed by atoms with Gasteiger partial charge in [-0.2, -0.15) is 8.78 Å². The number of amides is 2. The molecule has 0 spiro atoms. The van der Waals surface area contributed by atoms with E-state index in [-0.39, 0.29) is 25.8 Å². The van der Waals surface area contributed by atoms with Gasteiger partial charge >= 0.3 is 6.09 Å². The van der Waals surface area contributed by atoms with E-state index in [1.165, 1.54) is 4.90 Å². The van der Waals surface area contributed by atoms with Gasteiger partial charge in [-0.25, -0.2) is 13.6 Å². The summed E-state index contributed by atoms with van der Waals surface area (Å²) in [6.45, 7) is 0.845. The van der Waals surface area contributed by atoms with E-state index in [2.05, 4.69) is 10.1 Å². The molecule has 0 aromatic heterocycles. The highest BCUT2D eigenvalue weighted by molar-refractivity contribution is 5.78. The van der Waals surface area contributed by atoms with Crippen molar-refractivity contribution in [3.63, 3.8) is 0 Å². The molecule has 0 aliphatic carbocycles. The summed E-state index contributed by atoms with van der Waals surface area (Å²) in [5.41, 5.74) is 0.820. The standard InChI is InChI=1S/C25H28F4N2O7/c1-2-31(25(35)38-13-16-6-4-3-5-7-16)9-11-36-15-21(34)30-19(8-10-32)20(33)14-37-24-22(28)17(26)12-18(27)23(24)29/h3-7,10,12,19-20,33H,2,8-9,11,13-15H2,1H3,(H,30,34). The summed E-state index contributed by atoms with van der Waals surface area (Å²) in [6, 6.07) is 7.83. The Labute approximate surface area is 216 Å². The van der Waals surface area contributed by atoms with Crippen molar-refractivity contribution in [3.05, 3.63) is 65.2 Å². The maximum Gasteiger partial charge on any atom is 0.410 e. The summed E-state index contributed by atoms with van der Waals surface area (Å²) in [4.78, 5) is 36.7. The second-order valence-electron chi connectivity index (χ2n) is 7.92. The van der Waals surface area contributed by atoms with Crippen molar-refractivity contribution in [1.82, 2.24) is 10.2 Å². The van der Waals surface area contributed by atoms with Gasteiger partial charge in [0.1, 0.15) is 32.2 Å². The van der Waals surface area contributed by atoms with Gasteiger partial charge in [-0.05, 0) is 12.5 Å². The summed E-state index contributed by atoms with van der Waals surface area (Å²) >= 11 is 0. The minimum atomic E-state index is -1.80. The molecule has 13 heteroatoms. The van der Waals surface area contributed by atoms with Gasteiger partial charge in [-0.3, -0.25) is 4.79 Å². The van der Waals surface area contributed by atoms with Crippen LogP contribution in [0.4, 0.5) is 22.4 Å². The molecule has 0 fully saturated rings. The van der Waals surface area contributed by atoms with Crippen molar-refractivity contribution in [2.75, 3.05) is 32.9 Å². The van der Waals surface area contributed by atoms with Crippen molar-refractivity contribution in [2.24, 2.45) is 0 Å². The second kappa shape index (κ2) is 15.5. The number of likely N-dealkylation sites (N-methyl/N-ethyl adjacent to an activating group) is 1. The minimum absolute atomic E-state index is 0.00320. The lowest BCUT2D eigenvalue weighted by Crippen LogP contribution is -2.47.